The average molecular weight is 456 g/mol. The molecular weight excluding hydrogens is 426 g/mol. The molecule has 10 heteroatoms. The second kappa shape index (κ2) is 9.70. The van der Waals surface area contributed by atoms with Crippen molar-refractivity contribution in [3.05, 3.63) is 40.3 Å². The summed E-state index contributed by atoms with van der Waals surface area (Å²) in [5.41, 5.74) is 0.0166. The first kappa shape index (κ1) is 22.9. The van der Waals surface area contributed by atoms with Crippen LogP contribution in [0.3, 0.4) is 0 Å². The lowest BCUT2D eigenvalue weighted by Crippen LogP contribution is -2.55. The van der Waals surface area contributed by atoms with Crippen molar-refractivity contribution in [2.75, 3.05) is 52.5 Å². The molecular formula is C23H29N5O5. The Morgan fingerprint density at radius 1 is 0.879 bits per heavy atom. The summed E-state index contributed by atoms with van der Waals surface area (Å²) in [6, 6.07) is 6.99. The SMILES string of the molecule is CC(C)Cn1nc(C(=O)N2CCN(C(=O)C(=O)N3CCOCC3)CC2)c2ccccc2c1=O. The summed E-state index contributed by atoms with van der Waals surface area (Å²) < 4.78 is 6.60. The zero-order valence-corrected chi connectivity index (χ0v) is 19.0. The van der Waals surface area contributed by atoms with Gasteiger partial charge in [0.05, 0.1) is 18.6 Å². The van der Waals surface area contributed by atoms with Crippen LogP contribution in [0.1, 0.15) is 24.3 Å². The molecule has 0 spiro atoms. The number of hydrogen-bond acceptors (Lipinski definition) is 6. The van der Waals surface area contributed by atoms with Crippen LogP contribution >= 0.6 is 0 Å². The van der Waals surface area contributed by atoms with E-state index in [1.165, 1.54) is 14.5 Å². The van der Waals surface area contributed by atoms with Gasteiger partial charge in [-0.3, -0.25) is 19.2 Å². The highest BCUT2D eigenvalue weighted by molar-refractivity contribution is 6.35. The second-order valence-corrected chi connectivity index (χ2v) is 8.76. The molecule has 4 rings (SSSR count). The molecule has 0 saturated carbocycles. The Labute approximate surface area is 191 Å². The first-order valence-electron chi connectivity index (χ1n) is 11.3. The molecule has 0 aliphatic carbocycles. The van der Waals surface area contributed by atoms with E-state index in [1.807, 2.05) is 13.8 Å². The highest BCUT2D eigenvalue weighted by Gasteiger charge is 2.32. The van der Waals surface area contributed by atoms with Crippen LogP contribution in [-0.2, 0) is 20.9 Å². The minimum Gasteiger partial charge on any atom is -0.378 e. The van der Waals surface area contributed by atoms with Gasteiger partial charge in [0.1, 0.15) is 0 Å². The lowest BCUT2D eigenvalue weighted by Gasteiger charge is -2.35. The van der Waals surface area contributed by atoms with Crippen molar-refractivity contribution < 1.29 is 19.1 Å². The minimum atomic E-state index is -0.543. The Balaban J connectivity index is 1.50. The van der Waals surface area contributed by atoms with Crippen LogP contribution in [0, 0.1) is 5.92 Å². The zero-order chi connectivity index (χ0) is 23.5. The molecule has 2 fully saturated rings. The molecule has 2 aliphatic rings. The van der Waals surface area contributed by atoms with Crippen LogP contribution in [0.2, 0.25) is 0 Å². The van der Waals surface area contributed by atoms with Gasteiger partial charge in [0.15, 0.2) is 5.69 Å². The Hall–Kier alpha value is -3.27. The van der Waals surface area contributed by atoms with E-state index in [1.54, 1.807) is 29.2 Å². The van der Waals surface area contributed by atoms with Gasteiger partial charge >= 0.3 is 11.8 Å². The smallest absolute Gasteiger partial charge is 0.312 e. The summed E-state index contributed by atoms with van der Waals surface area (Å²) in [4.78, 5) is 56.0. The fourth-order valence-electron chi connectivity index (χ4n) is 4.16. The fourth-order valence-corrected chi connectivity index (χ4v) is 4.16. The van der Waals surface area contributed by atoms with E-state index in [-0.39, 0.29) is 36.2 Å². The number of carbonyl (C=O) groups is 3. The van der Waals surface area contributed by atoms with Gasteiger partial charge in [-0.1, -0.05) is 32.0 Å². The van der Waals surface area contributed by atoms with Crippen LogP contribution in [0.4, 0.5) is 0 Å². The Kier molecular flexibility index (Phi) is 6.73. The van der Waals surface area contributed by atoms with Gasteiger partial charge in [0.25, 0.3) is 11.5 Å². The second-order valence-electron chi connectivity index (χ2n) is 8.76. The molecule has 1 aromatic carbocycles. The Morgan fingerprint density at radius 3 is 2.03 bits per heavy atom. The maximum atomic E-state index is 13.4. The first-order chi connectivity index (χ1) is 15.9. The fraction of sp³-hybridized carbons (Fsp3) is 0.522. The first-order valence-corrected chi connectivity index (χ1v) is 11.3. The molecule has 0 atom stereocenters. The largest absolute Gasteiger partial charge is 0.378 e. The number of morpholine rings is 1. The number of carbonyl (C=O) groups excluding carboxylic acids is 3. The predicted molar refractivity (Wildman–Crippen MR) is 121 cm³/mol. The van der Waals surface area contributed by atoms with Crippen LogP contribution in [-0.4, -0.2) is 94.7 Å². The van der Waals surface area contributed by atoms with Crippen molar-refractivity contribution in [1.29, 1.82) is 0 Å². The topological polar surface area (TPSA) is 105 Å². The van der Waals surface area contributed by atoms with E-state index in [4.69, 9.17) is 4.74 Å². The molecule has 2 saturated heterocycles. The van der Waals surface area contributed by atoms with Gasteiger partial charge in [0, 0.05) is 51.2 Å². The summed E-state index contributed by atoms with van der Waals surface area (Å²) >= 11 is 0. The standard InChI is InChI=1S/C23H29N5O5/c1-16(2)15-28-20(29)18-6-4-3-5-17(18)19(24-28)21(30)25-7-9-26(10-8-25)22(31)23(32)27-11-13-33-14-12-27/h3-6,16H,7-15H2,1-2H3. The van der Waals surface area contributed by atoms with E-state index >= 15 is 0 Å². The number of aromatic nitrogens is 2. The molecule has 2 aromatic rings. The van der Waals surface area contributed by atoms with Crippen molar-refractivity contribution in [1.82, 2.24) is 24.5 Å². The number of fused-ring (bicyclic) bond motifs is 1. The lowest BCUT2D eigenvalue weighted by molar-refractivity contribution is -0.154. The number of hydrogen-bond donors (Lipinski definition) is 0. The van der Waals surface area contributed by atoms with Crippen molar-refractivity contribution >= 4 is 28.5 Å². The maximum absolute atomic E-state index is 13.4. The van der Waals surface area contributed by atoms with Crippen LogP contribution < -0.4 is 5.56 Å². The van der Waals surface area contributed by atoms with Crippen molar-refractivity contribution in [2.45, 2.75) is 20.4 Å². The van der Waals surface area contributed by atoms with E-state index in [2.05, 4.69) is 5.10 Å². The highest BCUT2D eigenvalue weighted by Crippen LogP contribution is 2.17. The minimum absolute atomic E-state index is 0.192. The lowest BCUT2D eigenvalue weighted by atomic mass is 10.1. The van der Waals surface area contributed by atoms with E-state index in [0.29, 0.717) is 56.7 Å². The van der Waals surface area contributed by atoms with Crippen molar-refractivity contribution in [3.8, 4) is 0 Å². The molecule has 1 aromatic heterocycles. The number of benzene rings is 1. The molecule has 10 nitrogen and oxygen atoms in total. The van der Waals surface area contributed by atoms with E-state index in [9.17, 15) is 19.2 Å². The molecule has 176 valence electrons. The molecule has 0 unspecified atom stereocenters. The molecule has 0 radical (unpaired) electrons. The average Bonchev–Trinajstić information content (AvgIpc) is 2.85. The number of ether oxygens (including phenoxy) is 1. The third kappa shape index (κ3) is 4.75. The number of nitrogens with zero attached hydrogens (tertiary/aromatic N) is 5. The van der Waals surface area contributed by atoms with Gasteiger partial charge < -0.3 is 19.4 Å². The third-order valence-corrected chi connectivity index (χ3v) is 5.94. The Morgan fingerprint density at radius 2 is 1.42 bits per heavy atom. The molecule has 33 heavy (non-hydrogen) atoms. The molecule has 0 N–H and O–H groups in total. The van der Waals surface area contributed by atoms with Crippen LogP contribution in [0.5, 0.6) is 0 Å². The maximum Gasteiger partial charge on any atom is 0.312 e. The predicted octanol–water partition coefficient (Wildman–Crippen LogP) is 0.196. The number of amides is 3. The number of rotatable bonds is 3. The van der Waals surface area contributed by atoms with Crippen LogP contribution in [0.15, 0.2) is 29.1 Å². The summed E-state index contributed by atoms with van der Waals surface area (Å²) in [5.74, 6) is -1.15. The summed E-state index contributed by atoms with van der Waals surface area (Å²) in [5, 5.41) is 5.40. The zero-order valence-electron chi connectivity index (χ0n) is 19.0. The van der Waals surface area contributed by atoms with Gasteiger partial charge in [-0.2, -0.15) is 5.10 Å². The van der Waals surface area contributed by atoms with Gasteiger partial charge in [0.2, 0.25) is 0 Å². The number of piperazine rings is 1. The van der Waals surface area contributed by atoms with E-state index < -0.39 is 11.8 Å². The summed E-state index contributed by atoms with van der Waals surface area (Å²) in [7, 11) is 0. The van der Waals surface area contributed by atoms with Crippen molar-refractivity contribution in [3.63, 3.8) is 0 Å². The summed E-state index contributed by atoms with van der Waals surface area (Å²) in [6.07, 6.45) is 0. The van der Waals surface area contributed by atoms with Crippen molar-refractivity contribution in [2.24, 2.45) is 5.92 Å². The van der Waals surface area contributed by atoms with Gasteiger partial charge in [-0.25, -0.2) is 4.68 Å². The molecule has 2 aliphatic heterocycles. The van der Waals surface area contributed by atoms with E-state index in [0.717, 1.165) is 0 Å². The van der Waals surface area contributed by atoms with Gasteiger partial charge in [-0.15, -0.1) is 0 Å². The molecule has 3 amide bonds. The monoisotopic (exact) mass is 455 g/mol. The quantitative estimate of drug-likeness (QED) is 0.612. The van der Waals surface area contributed by atoms with Gasteiger partial charge in [-0.05, 0) is 12.0 Å². The summed E-state index contributed by atoms with van der Waals surface area (Å²) in [6.45, 7) is 7.19. The van der Waals surface area contributed by atoms with Crippen LogP contribution in [0.25, 0.3) is 10.8 Å². The Bertz CT molecular complexity index is 1110. The highest BCUT2D eigenvalue weighted by atomic mass is 16.5. The normalized spacial score (nSPS) is 17.0. The molecule has 0 bridgehead atoms. The molecule has 3 heterocycles. The third-order valence-electron chi connectivity index (χ3n) is 5.94.